The van der Waals surface area contributed by atoms with Gasteiger partial charge in [0.05, 0.1) is 0 Å². The molecule has 0 bridgehead atoms. The van der Waals surface area contributed by atoms with Crippen LogP contribution in [0.25, 0.3) is 0 Å². The molecule has 0 aliphatic rings. The van der Waals surface area contributed by atoms with Gasteiger partial charge < -0.3 is 20.2 Å². The molecule has 140 valence electrons. The van der Waals surface area contributed by atoms with E-state index in [1.807, 2.05) is 0 Å². The Labute approximate surface area is 143 Å². The maximum atomic E-state index is 11.2. The van der Waals surface area contributed by atoms with Crippen molar-refractivity contribution in [2.45, 2.75) is 70.4 Å². The number of unbranched alkanes of at least 4 members (excludes halogenated alkanes) is 7. The van der Waals surface area contributed by atoms with Crippen molar-refractivity contribution in [3.05, 3.63) is 12.2 Å². The molecular formula is C16H30NO6P. The minimum absolute atomic E-state index is 0.0159. The van der Waals surface area contributed by atoms with Crippen molar-refractivity contribution in [2.24, 2.45) is 0 Å². The maximum Gasteiger partial charge on any atom is 0.339 e. The Balaban J connectivity index is 3.52. The van der Waals surface area contributed by atoms with Crippen molar-refractivity contribution in [2.75, 3.05) is 6.54 Å². The fourth-order valence-corrected chi connectivity index (χ4v) is 3.12. The summed E-state index contributed by atoms with van der Waals surface area (Å²) >= 11 is 0. The molecular weight excluding hydrogens is 333 g/mol. The van der Waals surface area contributed by atoms with Gasteiger partial charge in [0.1, 0.15) is 0 Å². The molecule has 1 atom stereocenters. The topological polar surface area (TPSA) is 124 Å². The molecule has 0 saturated carbocycles. The monoisotopic (exact) mass is 363 g/mol. The summed E-state index contributed by atoms with van der Waals surface area (Å²) < 4.78 is 11.0. The maximum absolute atomic E-state index is 11.2. The predicted octanol–water partition coefficient (Wildman–Crippen LogP) is 2.82. The zero-order chi connectivity index (χ0) is 18.6. The van der Waals surface area contributed by atoms with Gasteiger partial charge in [-0.15, -0.1) is 0 Å². The smallest absolute Gasteiger partial charge is 0.339 e. The molecule has 0 heterocycles. The first-order chi connectivity index (χ1) is 11.2. The minimum atomic E-state index is -4.56. The van der Waals surface area contributed by atoms with Crippen molar-refractivity contribution >= 4 is 19.5 Å². The molecule has 0 rings (SSSR count). The van der Waals surface area contributed by atoms with Crippen molar-refractivity contribution in [3.8, 4) is 0 Å². The number of aliphatic carboxylic acids is 1. The first-order valence-electron chi connectivity index (χ1n) is 8.38. The van der Waals surface area contributed by atoms with Crippen molar-refractivity contribution < 1.29 is 29.0 Å². The average molecular weight is 363 g/mol. The summed E-state index contributed by atoms with van der Waals surface area (Å²) in [5.74, 6) is -1.54. The molecule has 0 fully saturated rings. The van der Waals surface area contributed by atoms with Crippen molar-refractivity contribution in [1.82, 2.24) is 5.32 Å². The molecule has 0 spiro atoms. The van der Waals surface area contributed by atoms with Gasteiger partial charge in [0.15, 0.2) is 5.66 Å². The molecule has 0 radical (unpaired) electrons. The highest BCUT2D eigenvalue weighted by molar-refractivity contribution is 7.53. The third-order valence-corrected chi connectivity index (χ3v) is 5.06. The van der Waals surface area contributed by atoms with Crippen LogP contribution in [0.15, 0.2) is 12.2 Å². The second-order valence-corrected chi connectivity index (χ2v) is 7.90. The number of carboxylic acid groups (broad SMARTS) is 1. The Kier molecular flexibility index (Phi) is 11.6. The minimum Gasteiger partial charge on any atom is -0.481 e. The van der Waals surface area contributed by atoms with Crippen LogP contribution in [0.5, 0.6) is 0 Å². The van der Waals surface area contributed by atoms with Crippen LogP contribution in [0.3, 0.4) is 0 Å². The third kappa shape index (κ3) is 11.4. The first-order valence-corrected chi connectivity index (χ1v) is 10.1. The largest absolute Gasteiger partial charge is 0.481 e. The zero-order valence-electron chi connectivity index (χ0n) is 14.4. The Morgan fingerprint density at radius 1 is 1.00 bits per heavy atom. The highest BCUT2D eigenvalue weighted by atomic mass is 31.2. The highest BCUT2D eigenvalue weighted by Crippen LogP contribution is 2.43. The summed E-state index contributed by atoms with van der Waals surface area (Å²) in [6.07, 6.45) is 7.36. The van der Waals surface area contributed by atoms with E-state index in [2.05, 4.69) is 11.9 Å². The molecule has 24 heavy (non-hydrogen) atoms. The molecule has 1 amide bonds. The van der Waals surface area contributed by atoms with E-state index >= 15 is 0 Å². The van der Waals surface area contributed by atoms with E-state index in [0.717, 1.165) is 44.9 Å². The van der Waals surface area contributed by atoms with Gasteiger partial charge in [-0.05, 0) is 19.8 Å². The van der Waals surface area contributed by atoms with Crippen LogP contribution in [0, 0.1) is 0 Å². The molecule has 0 aromatic carbocycles. The standard InChI is InChI=1S/C16H30NO6P/c1-13(2)15(18)17-12-10-8-6-4-3-5-7-9-11-14(16(19)20)24(21,22)23/h14H,1,3-12H2,2H3,(H,17,18)(H,19,20)(H2,21,22,23). The van der Waals surface area contributed by atoms with Gasteiger partial charge in [-0.1, -0.05) is 51.5 Å². The number of amides is 1. The number of carbonyl (C=O) groups is 2. The Morgan fingerprint density at radius 2 is 1.46 bits per heavy atom. The second-order valence-electron chi connectivity index (χ2n) is 6.10. The lowest BCUT2D eigenvalue weighted by molar-refractivity contribution is -0.137. The summed E-state index contributed by atoms with van der Waals surface area (Å²) in [6.45, 7) is 5.90. The van der Waals surface area contributed by atoms with Crippen LogP contribution in [0.2, 0.25) is 0 Å². The van der Waals surface area contributed by atoms with Crippen LogP contribution in [-0.2, 0) is 14.2 Å². The van der Waals surface area contributed by atoms with Crippen LogP contribution in [0.4, 0.5) is 0 Å². The van der Waals surface area contributed by atoms with E-state index in [1.54, 1.807) is 6.92 Å². The second kappa shape index (κ2) is 12.2. The molecule has 0 saturated heterocycles. The van der Waals surface area contributed by atoms with Crippen LogP contribution in [-0.4, -0.2) is 39.0 Å². The Morgan fingerprint density at radius 3 is 1.88 bits per heavy atom. The van der Waals surface area contributed by atoms with Crippen LogP contribution in [0.1, 0.15) is 64.7 Å². The van der Waals surface area contributed by atoms with Gasteiger partial charge in [-0.25, -0.2) is 0 Å². The number of carbonyl (C=O) groups excluding carboxylic acids is 1. The lowest BCUT2D eigenvalue weighted by Crippen LogP contribution is -2.24. The zero-order valence-corrected chi connectivity index (χ0v) is 15.3. The van der Waals surface area contributed by atoms with Crippen LogP contribution < -0.4 is 5.32 Å². The van der Waals surface area contributed by atoms with Gasteiger partial charge in [0.25, 0.3) is 0 Å². The van der Waals surface area contributed by atoms with Crippen molar-refractivity contribution in [1.29, 1.82) is 0 Å². The predicted molar refractivity (Wildman–Crippen MR) is 92.8 cm³/mol. The fraction of sp³-hybridized carbons (Fsp3) is 0.750. The van der Waals surface area contributed by atoms with Crippen molar-refractivity contribution in [3.63, 3.8) is 0 Å². The van der Waals surface area contributed by atoms with E-state index in [-0.39, 0.29) is 12.3 Å². The quantitative estimate of drug-likeness (QED) is 0.214. The van der Waals surface area contributed by atoms with Gasteiger partial charge in [-0.2, -0.15) is 0 Å². The Hall–Kier alpha value is -1.17. The summed E-state index contributed by atoms with van der Waals surface area (Å²) in [5, 5.41) is 11.6. The van der Waals surface area contributed by atoms with Gasteiger partial charge in [-0.3, -0.25) is 14.2 Å². The van der Waals surface area contributed by atoms with E-state index < -0.39 is 19.2 Å². The van der Waals surface area contributed by atoms with E-state index in [1.165, 1.54) is 0 Å². The number of carboxylic acids is 1. The molecule has 1 unspecified atom stereocenters. The number of nitrogens with one attached hydrogen (secondary N) is 1. The number of hydrogen-bond acceptors (Lipinski definition) is 3. The lowest BCUT2D eigenvalue weighted by Gasteiger charge is -2.13. The summed E-state index contributed by atoms with van der Waals surface area (Å²) in [7, 11) is -4.56. The van der Waals surface area contributed by atoms with Crippen LogP contribution >= 0.6 is 7.60 Å². The molecule has 8 heteroatoms. The Bertz CT molecular complexity index is 459. The molecule has 7 nitrogen and oxygen atoms in total. The third-order valence-electron chi connectivity index (χ3n) is 3.77. The van der Waals surface area contributed by atoms with E-state index in [9.17, 15) is 14.2 Å². The van der Waals surface area contributed by atoms with Gasteiger partial charge in [0, 0.05) is 12.1 Å². The van der Waals surface area contributed by atoms with E-state index in [0.29, 0.717) is 18.5 Å². The molecule has 0 aromatic heterocycles. The molecule has 4 N–H and O–H groups in total. The normalized spacial score (nSPS) is 12.6. The van der Waals surface area contributed by atoms with Gasteiger partial charge in [0.2, 0.25) is 5.91 Å². The average Bonchev–Trinajstić information content (AvgIpc) is 2.46. The molecule has 0 aromatic rings. The number of hydrogen-bond donors (Lipinski definition) is 4. The summed E-state index contributed by atoms with van der Waals surface area (Å²) in [5.41, 5.74) is -1.06. The highest BCUT2D eigenvalue weighted by Gasteiger charge is 2.34. The fourth-order valence-electron chi connectivity index (χ4n) is 2.31. The molecule has 0 aliphatic carbocycles. The van der Waals surface area contributed by atoms with E-state index in [4.69, 9.17) is 14.9 Å². The SMILES string of the molecule is C=C(C)C(=O)NCCCCCCCCCCC(C(=O)O)P(=O)(O)O. The molecule has 0 aliphatic heterocycles. The number of rotatable bonds is 14. The lowest BCUT2D eigenvalue weighted by atomic mass is 10.1. The summed E-state index contributed by atoms with van der Waals surface area (Å²) in [6, 6.07) is 0. The first kappa shape index (κ1) is 22.8. The van der Waals surface area contributed by atoms with Gasteiger partial charge >= 0.3 is 13.6 Å². The summed E-state index contributed by atoms with van der Waals surface area (Å²) in [4.78, 5) is 39.9.